The molecule has 0 rings (SSSR count). The van der Waals surface area contributed by atoms with Crippen LogP contribution in [0.25, 0.3) is 0 Å². The number of unbranched alkanes of at least 4 members (excludes halogenated alkanes) is 30. The van der Waals surface area contributed by atoms with Gasteiger partial charge in [-0.05, 0) is 12.8 Å². The van der Waals surface area contributed by atoms with E-state index >= 15 is 0 Å². The molecule has 0 heterocycles. The molecule has 6 nitrogen and oxygen atoms in total. The van der Waals surface area contributed by atoms with Gasteiger partial charge >= 0.3 is 0 Å². The van der Waals surface area contributed by atoms with Crippen LogP contribution in [0.2, 0.25) is 0 Å². The highest BCUT2D eigenvalue weighted by Gasteiger charge is 2.26. The van der Waals surface area contributed by atoms with Crippen LogP contribution in [0, 0.1) is 0 Å². The van der Waals surface area contributed by atoms with E-state index in [0.29, 0.717) is 12.8 Å². The number of aliphatic hydroxyl groups excluding tert-OH is 1. The fraction of sp³-hybridized carbons (Fsp3) is 0.975. The van der Waals surface area contributed by atoms with Crippen LogP contribution in [0.5, 0.6) is 0 Å². The number of aliphatic hydroxyl groups is 1. The molecule has 0 radical (unpaired) electrons. The molecule has 0 aromatic rings. The highest BCUT2D eigenvalue weighted by atomic mass is 32.2. The Morgan fingerprint density at radius 2 is 0.766 bits per heavy atom. The summed E-state index contributed by atoms with van der Waals surface area (Å²) in [6.45, 7) is 4.53. The fourth-order valence-electron chi connectivity index (χ4n) is 6.69. The Morgan fingerprint density at radius 3 is 1.06 bits per heavy atom. The normalized spacial score (nSPS) is 13.2. The largest absolute Gasteiger partial charge is 0.391 e. The predicted molar refractivity (Wildman–Crippen MR) is 203 cm³/mol. The van der Waals surface area contributed by atoms with Crippen molar-refractivity contribution in [2.45, 2.75) is 244 Å². The quantitative estimate of drug-likeness (QED) is 0.0443. The first-order valence-electron chi connectivity index (χ1n) is 20.7. The molecule has 3 N–H and O–H groups in total. The van der Waals surface area contributed by atoms with Gasteiger partial charge in [-0.1, -0.05) is 213 Å². The topological polar surface area (TPSA) is 104 Å². The van der Waals surface area contributed by atoms with E-state index in [9.17, 15) is 22.9 Å². The van der Waals surface area contributed by atoms with Crippen LogP contribution in [0.4, 0.5) is 0 Å². The Balaban J connectivity index is 3.80. The Kier molecular flexibility index (Phi) is 34.7. The summed E-state index contributed by atoms with van der Waals surface area (Å²) in [6, 6.07) is -0.963. The molecule has 0 aliphatic rings. The minimum absolute atomic E-state index is 0.242. The van der Waals surface area contributed by atoms with Crippen molar-refractivity contribution in [1.82, 2.24) is 5.32 Å². The van der Waals surface area contributed by atoms with Crippen LogP contribution < -0.4 is 5.32 Å². The molecule has 0 aliphatic heterocycles. The first-order valence-corrected chi connectivity index (χ1v) is 22.3. The van der Waals surface area contributed by atoms with Crippen molar-refractivity contribution in [3.63, 3.8) is 0 Å². The maximum Gasteiger partial charge on any atom is 0.266 e. The zero-order valence-corrected chi connectivity index (χ0v) is 32.2. The van der Waals surface area contributed by atoms with E-state index in [1.54, 1.807) is 0 Å². The molecule has 0 spiro atoms. The number of nitrogens with one attached hydrogen (secondary N) is 1. The highest BCUT2D eigenvalue weighted by Crippen LogP contribution is 2.17. The molecule has 2 atom stereocenters. The van der Waals surface area contributed by atoms with Gasteiger partial charge in [0.15, 0.2) is 0 Å². The van der Waals surface area contributed by atoms with Gasteiger partial charge in [-0.25, -0.2) is 0 Å². The van der Waals surface area contributed by atoms with E-state index in [1.807, 2.05) is 0 Å². The van der Waals surface area contributed by atoms with Crippen molar-refractivity contribution in [2.24, 2.45) is 0 Å². The van der Waals surface area contributed by atoms with Crippen molar-refractivity contribution in [1.29, 1.82) is 0 Å². The summed E-state index contributed by atoms with van der Waals surface area (Å²) >= 11 is 0. The Hall–Kier alpha value is -0.660. The third-order valence-corrected chi connectivity index (χ3v) is 10.6. The van der Waals surface area contributed by atoms with Gasteiger partial charge in [0, 0.05) is 6.42 Å². The summed E-state index contributed by atoms with van der Waals surface area (Å²) in [6.07, 6.45) is 40.5. The molecule has 0 saturated heterocycles. The first kappa shape index (κ1) is 46.3. The lowest BCUT2D eigenvalue weighted by atomic mass is 10.0. The smallest absolute Gasteiger partial charge is 0.266 e. The van der Waals surface area contributed by atoms with Crippen LogP contribution in [0.15, 0.2) is 0 Å². The lowest BCUT2D eigenvalue weighted by molar-refractivity contribution is -0.122. The number of hydrogen-bond donors (Lipinski definition) is 3. The molecule has 0 saturated carbocycles. The van der Waals surface area contributed by atoms with Gasteiger partial charge in [-0.15, -0.1) is 0 Å². The van der Waals surface area contributed by atoms with Gasteiger partial charge in [0.25, 0.3) is 10.1 Å². The molecule has 0 fully saturated rings. The monoisotopic (exact) mass is 688 g/mol. The summed E-state index contributed by atoms with van der Waals surface area (Å²) in [4.78, 5) is 12.5. The maximum atomic E-state index is 12.5. The van der Waals surface area contributed by atoms with Crippen molar-refractivity contribution in [2.75, 3.05) is 5.75 Å². The molecule has 7 heteroatoms. The highest BCUT2D eigenvalue weighted by molar-refractivity contribution is 7.85. The summed E-state index contributed by atoms with van der Waals surface area (Å²) < 4.78 is 32.5. The van der Waals surface area contributed by atoms with Gasteiger partial charge in [0.05, 0.1) is 17.9 Å². The number of rotatable bonds is 38. The van der Waals surface area contributed by atoms with Crippen LogP contribution in [-0.4, -0.2) is 41.9 Å². The lowest BCUT2D eigenvalue weighted by Crippen LogP contribution is -2.47. The maximum absolute atomic E-state index is 12.5. The Bertz CT molecular complexity index is 760. The lowest BCUT2D eigenvalue weighted by Gasteiger charge is -2.23. The van der Waals surface area contributed by atoms with Crippen molar-refractivity contribution >= 4 is 16.0 Å². The number of hydrogen-bond acceptors (Lipinski definition) is 4. The van der Waals surface area contributed by atoms with E-state index in [0.717, 1.165) is 38.5 Å². The van der Waals surface area contributed by atoms with E-state index < -0.39 is 28.0 Å². The van der Waals surface area contributed by atoms with E-state index in [2.05, 4.69) is 19.2 Å². The molecule has 0 aromatic carbocycles. The molecule has 1 amide bonds. The second kappa shape index (κ2) is 35.2. The minimum Gasteiger partial charge on any atom is -0.391 e. The van der Waals surface area contributed by atoms with Gasteiger partial charge in [-0.3, -0.25) is 9.35 Å². The number of carbonyl (C=O) groups excluding carboxylic acids is 1. The zero-order chi connectivity index (χ0) is 34.7. The van der Waals surface area contributed by atoms with E-state index in [4.69, 9.17) is 0 Å². The van der Waals surface area contributed by atoms with Gasteiger partial charge in [0.2, 0.25) is 5.91 Å². The molecular weight excluding hydrogens is 607 g/mol. The third kappa shape index (κ3) is 36.4. The molecule has 0 aliphatic carbocycles. The molecule has 0 bridgehead atoms. The fourth-order valence-corrected chi connectivity index (χ4v) is 7.45. The average molecular weight is 688 g/mol. The van der Waals surface area contributed by atoms with Crippen molar-refractivity contribution in [3.8, 4) is 0 Å². The van der Waals surface area contributed by atoms with E-state index in [-0.39, 0.29) is 5.91 Å². The molecular formula is C40H81NO5S. The molecule has 47 heavy (non-hydrogen) atoms. The Labute approximate surface area is 293 Å². The third-order valence-electron chi connectivity index (χ3n) is 9.81. The van der Waals surface area contributed by atoms with Crippen molar-refractivity contribution in [3.05, 3.63) is 0 Å². The summed E-state index contributed by atoms with van der Waals surface area (Å²) in [5, 5.41) is 13.4. The SMILES string of the molecule is CCCCCCCCCCCCCCCCCCCCCC(O)C(CS(=O)(=O)O)NC(=O)CCCCCCCCCCCCCCC. The molecule has 282 valence electrons. The minimum atomic E-state index is -4.30. The Morgan fingerprint density at radius 1 is 0.489 bits per heavy atom. The van der Waals surface area contributed by atoms with Crippen LogP contribution >= 0.6 is 0 Å². The molecule has 2 unspecified atom stereocenters. The first-order chi connectivity index (χ1) is 22.8. The van der Waals surface area contributed by atoms with Crippen LogP contribution in [0.1, 0.15) is 232 Å². The van der Waals surface area contributed by atoms with Gasteiger partial charge < -0.3 is 10.4 Å². The summed E-state index contributed by atoms with van der Waals surface area (Å²) in [5.74, 6) is -0.883. The second-order valence-corrected chi connectivity index (χ2v) is 16.1. The van der Waals surface area contributed by atoms with Gasteiger partial charge in [-0.2, -0.15) is 8.42 Å². The average Bonchev–Trinajstić information content (AvgIpc) is 3.03. The summed E-state index contributed by atoms with van der Waals surface area (Å²) in [5.41, 5.74) is 0. The van der Waals surface area contributed by atoms with Crippen molar-refractivity contribution < 1.29 is 22.9 Å². The van der Waals surface area contributed by atoms with E-state index in [1.165, 1.54) is 167 Å². The van der Waals surface area contributed by atoms with Crippen LogP contribution in [0.3, 0.4) is 0 Å². The van der Waals surface area contributed by atoms with Crippen LogP contribution in [-0.2, 0) is 14.9 Å². The summed E-state index contributed by atoms with van der Waals surface area (Å²) in [7, 11) is -4.30. The molecule has 0 aromatic heterocycles. The number of carbonyl (C=O) groups is 1. The second-order valence-electron chi connectivity index (χ2n) is 14.6. The number of amides is 1. The van der Waals surface area contributed by atoms with Gasteiger partial charge in [0.1, 0.15) is 0 Å². The zero-order valence-electron chi connectivity index (χ0n) is 31.4. The predicted octanol–water partition coefficient (Wildman–Crippen LogP) is 12.0. The standard InChI is InChI=1S/C40H81NO5S/c1-3-5-7-9-11-13-15-17-18-19-20-21-22-24-25-27-29-31-33-35-39(42)38(37-47(44,45)46)41-40(43)36-34-32-30-28-26-23-16-14-12-10-8-6-4-2/h38-39,42H,3-37H2,1-2H3,(H,41,43)(H,44,45,46).